The van der Waals surface area contributed by atoms with Crippen molar-refractivity contribution in [1.29, 1.82) is 0 Å². The monoisotopic (exact) mass is 181 g/mol. The lowest BCUT2D eigenvalue weighted by Crippen LogP contribution is -2.34. The van der Waals surface area contributed by atoms with Gasteiger partial charge in [-0.15, -0.1) is 0 Å². The van der Waals surface area contributed by atoms with Crippen LogP contribution < -0.4 is 5.73 Å². The third-order valence-corrected chi connectivity index (χ3v) is 2.73. The zero-order valence-corrected chi connectivity index (χ0v) is 7.59. The average molecular weight is 182 g/mol. The number of rotatable bonds is 1. The molecule has 0 radical (unpaired) electrons. The van der Waals surface area contributed by atoms with E-state index in [1.54, 1.807) is 0 Å². The molecule has 1 aliphatic carbocycles. The predicted molar refractivity (Wildman–Crippen MR) is 51.4 cm³/mol. The van der Waals surface area contributed by atoms with E-state index in [-0.39, 0.29) is 0 Å². The maximum atomic E-state index is 5.88. The minimum Gasteiger partial charge on any atom is -0.328 e. The van der Waals surface area contributed by atoms with Gasteiger partial charge in [0.05, 0.1) is 0 Å². The lowest BCUT2D eigenvalue weighted by atomic mass is 9.76. The first-order chi connectivity index (χ1) is 5.75. The van der Waals surface area contributed by atoms with Crippen molar-refractivity contribution >= 4 is 11.6 Å². The van der Waals surface area contributed by atoms with Gasteiger partial charge in [-0.1, -0.05) is 23.7 Å². The first kappa shape index (κ1) is 8.09. The predicted octanol–water partition coefficient (Wildman–Crippen LogP) is 2.54. The topological polar surface area (TPSA) is 26.0 Å². The van der Waals surface area contributed by atoms with E-state index in [0.29, 0.717) is 12.0 Å². The summed E-state index contributed by atoms with van der Waals surface area (Å²) in [4.78, 5) is 0. The number of nitrogens with two attached hydrogens (primary N) is 1. The highest BCUT2D eigenvalue weighted by atomic mass is 35.5. The van der Waals surface area contributed by atoms with Crippen molar-refractivity contribution in [2.24, 2.45) is 5.73 Å². The molecule has 1 fully saturated rings. The Morgan fingerprint density at radius 1 is 1.33 bits per heavy atom. The van der Waals surface area contributed by atoms with Gasteiger partial charge in [0.2, 0.25) is 0 Å². The van der Waals surface area contributed by atoms with Crippen molar-refractivity contribution in [1.82, 2.24) is 0 Å². The van der Waals surface area contributed by atoms with Gasteiger partial charge in [0, 0.05) is 11.1 Å². The molecule has 0 atom stereocenters. The molecule has 64 valence electrons. The van der Waals surface area contributed by atoms with Crippen molar-refractivity contribution in [3.8, 4) is 0 Å². The van der Waals surface area contributed by atoms with Crippen LogP contribution in [0.15, 0.2) is 24.3 Å². The zero-order valence-electron chi connectivity index (χ0n) is 6.83. The largest absolute Gasteiger partial charge is 0.328 e. The Morgan fingerprint density at radius 3 is 2.67 bits per heavy atom. The summed E-state index contributed by atoms with van der Waals surface area (Å²) in [7, 11) is 0. The second-order valence-corrected chi connectivity index (χ2v) is 3.92. The van der Waals surface area contributed by atoms with Crippen LogP contribution in [0.4, 0.5) is 0 Å². The third-order valence-electron chi connectivity index (χ3n) is 2.49. The zero-order chi connectivity index (χ0) is 8.55. The summed E-state index contributed by atoms with van der Waals surface area (Å²) < 4.78 is 0. The summed E-state index contributed by atoms with van der Waals surface area (Å²) in [6.45, 7) is 0. The van der Waals surface area contributed by atoms with Crippen LogP contribution in [0.2, 0.25) is 5.02 Å². The number of halogens is 1. The fraction of sp³-hybridized carbons (Fsp3) is 0.400. The van der Waals surface area contributed by atoms with Crippen LogP contribution in [0.1, 0.15) is 24.3 Å². The van der Waals surface area contributed by atoms with Gasteiger partial charge in [-0.2, -0.15) is 0 Å². The smallest absolute Gasteiger partial charge is 0.0408 e. The highest BCUT2D eigenvalue weighted by Gasteiger charge is 2.26. The maximum absolute atomic E-state index is 5.88. The van der Waals surface area contributed by atoms with Crippen molar-refractivity contribution < 1.29 is 0 Å². The molecule has 2 rings (SSSR count). The second-order valence-electron chi connectivity index (χ2n) is 3.48. The summed E-state index contributed by atoms with van der Waals surface area (Å²) in [6.07, 6.45) is 2.22. The van der Waals surface area contributed by atoms with Gasteiger partial charge in [-0.25, -0.2) is 0 Å². The van der Waals surface area contributed by atoms with E-state index < -0.39 is 0 Å². The Kier molecular flexibility index (Phi) is 2.07. The molecule has 2 heteroatoms. The van der Waals surface area contributed by atoms with Gasteiger partial charge in [0.1, 0.15) is 0 Å². The van der Waals surface area contributed by atoms with Gasteiger partial charge in [0.15, 0.2) is 0 Å². The molecule has 0 spiro atoms. The fourth-order valence-electron chi connectivity index (χ4n) is 1.69. The molecule has 0 aliphatic heterocycles. The molecular formula is C10H12ClN. The van der Waals surface area contributed by atoms with E-state index in [4.69, 9.17) is 17.3 Å². The molecule has 0 bridgehead atoms. The van der Waals surface area contributed by atoms with Gasteiger partial charge in [-0.05, 0) is 36.5 Å². The van der Waals surface area contributed by atoms with E-state index in [9.17, 15) is 0 Å². The van der Waals surface area contributed by atoms with Gasteiger partial charge >= 0.3 is 0 Å². The summed E-state index contributed by atoms with van der Waals surface area (Å²) in [5.74, 6) is 0.652. The molecule has 0 saturated heterocycles. The molecule has 0 heterocycles. The van der Waals surface area contributed by atoms with Gasteiger partial charge in [-0.3, -0.25) is 0 Å². The van der Waals surface area contributed by atoms with Crippen LogP contribution in [0.25, 0.3) is 0 Å². The van der Waals surface area contributed by atoms with Crippen molar-refractivity contribution in [3.63, 3.8) is 0 Å². The molecule has 0 aromatic heterocycles. The standard InChI is InChI=1S/C10H12ClN/c11-9-3-1-2-7(4-9)8-5-10(12)6-8/h1-4,8,10H,5-6,12H2. The van der Waals surface area contributed by atoms with E-state index in [2.05, 4.69) is 6.07 Å². The Hall–Kier alpha value is -0.530. The summed E-state index contributed by atoms with van der Waals surface area (Å²) >= 11 is 5.88. The molecular weight excluding hydrogens is 170 g/mol. The molecule has 0 unspecified atom stereocenters. The van der Waals surface area contributed by atoms with E-state index in [0.717, 1.165) is 17.9 Å². The summed E-state index contributed by atoms with van der Waals surface area (Å²) in [5.41, 5.74) is 7.05. The van der Waals surface area contributed by atoms with Crippen molar-refractivity contribution in [2.75, 3.05) is 0 Å². The van der Waals surface area contributed by atoms with Crippen LogP contribution >= 0.6 is 11.6 Å². The highest BCUT2D eigenvalue weighted by molar-refractivity contribution is 6.30. The Balaban J connectivity index is 2.13. The van der Waals surface area contributed by atoms with E-state index >= 15 is 0 Å². The van der Waals surface area contributed by atoms with Crippen LogP contribution in [-0.4, -0.2) is 6.04 Å². The maximum Gasteiger partial charge on any atom is 0.0408 e. The molecule has 1 aromatic carbocycles. The first-order valence-corrected chi connectivity index (χ1v) is 4.64. The second kappa shape index (κ2) is 3.08. The molecule has 1 saturated carbocycles. The Bertz CT molecular complexity index is 279. The molecule has 1 nitrogen and oxygen atoms in total. The summed E-state index contributed by atoms with van der Waals surface area (Å²) in [5, 5.41) is 0.827. The quantitative estimate of drug-likeness (QED) is 0.708. The normalized spacial score (nSPS) is 28.2. The van der Waals surface area contributed by atoms with E-state index in [1.165, 1.54) is 5.56 Å². The molecule has 0 amide bonds. The molecule has 2 N–H and O–H groups in total. The number of hydrogen-bond donors (Lipinski definition) is 1. The minimum absolute atomic E-state index is 0.411. The van der Waals surface area contributed by atoms with Crippen LogP contribution in [0.3, 0.4) is 0 Å². The fourth-order valence-corrected chi connectivity index (χ4v) is 1.89. The molecule has 1 aliphatic rings. The molecule has 12 heavy (non-hydrogen) atoms. The van der Waals surface area contributed by atoms with Gasteiger partial charge < -0.3 is 5.73 Å². The van der Waals surface area contributed by atoms with Crippen LogP contribution in [0, 0.1) is 0 Å². The first-order valence-electron chi connectivity index (χ1n) is 4.27. The third kappa shape index (κ3) is 1.47. The lowest BCUT2D eigenvalue weighted by Gasteiger charge is -2.32. The number of hydrogen-bond acceptors (Lipinski definition) is 1. The lowest BCUT2D eigenvalue weighted by molar-refractivity contribution is 0.351. The van der Waals surface area contributed by atoms with Gasteiger partial charge in [0.25, 0.3) is 0 Å². The summed E-state index contributed by atoms with van der Waals surface area (Å²) in [6, 6.07) is 8.49. The number of benzene rings is 1. The van der Waals surface area contributed by atoms with E-state index in [1.807, 2.05) is 18.2 Å². The van der Waals surface area contributed by atoms with Crippen LogP contribution in [0.5, 0.6) is 0 Å². The van der Waals surface area contributed by atoms with Crippen molar-refractivity contribution in [3.05, 3.63) is 34.9 Å². The highest BCUT2D eigenvalue weighted by Crippen LogP contribution is 2.36. The SMILES string of the molecule is NC1CC(c2cccc(Cl)c2)C1. The Labute approximate surface area is 77.5 Å². The Morgan fingerprint density at radius 2 is 2.08 bits per heavy atom. The molecule has 1 aromatic rings. The van der Waals surface area contributed by atoms with Crippen LogP contribution in [-0.2, 0) is 0 Å². The average Bonchev–Trinajstić information content (AvgIpc) is 1.99. The minimum atomic E-state index is 0.411. The van der Waals surface area contributed by atoms with Crippen molar-refractivity contribution in [2.45, 2.75) is 24.8 Å².